The van der Waals surface area contributed by atoms with Crippen molar-refractivity contribution in [3.8, 4) is 5.75 Å². The highest BCUT2D eigenvalue weighted by Gasteiger charge is 2.17. The van der Waals surface area contributed by atoms with Crippen LogP contribution in [-0.4, -0.2) is 16.7 Å². The molecular formula is C16H23ClN2O. The van der Waals surface area contributed by atoms with Crippen molar-refractivity contribution in [1.82, 2.24) is 9.55 Å². The molecule has 1 aromatic carbocycles. The Morgan fingerprint density at radius 2 is 2.15 bits per heavy atom. The van der Waals surface area contributed by atoms with Crippen LogP contribution in [0.2, 0.25) is 0 Å². The summed E-state index contributed by atoms with van der Waals surface area (Å²) in [6.07, 6.45) is 4.91. The maximum absolute atomic E-state index is 6.08. The normalized spacial score (nSPS) is 12.8. The molecule has 1 aromatic heterocycles. The lowest BCUT2D eigenvalue weighted by atomic mass is 10.1. The molecule has 20 heavy (non-hydrogen) atoms. The number of benzene rings is 1. The van der Waals surface area contributed by atoms with Gasteiger partial charge in [0.1, 0.15) is 17.1 Å². The molecule has 0 N–H and O–H groups in total. The predicted molar refractivity (Wildman–Crippen MR) is 84.7 cm³/mol. The van der Waals surface area contributed by atoms with Crippen molar-refractivity contribution in [2.24, 2.45) is 0 Å². The van der Waals surface area contributed by atoms with Crippen molar-refractivity contribution >= 4 is 22.6 Å². The van der Waals surface area contributed by atoms with Gasteiger partial charge in [0.15, 0.2) is 0 Å². The van der Waals surface area contributed by atoms with Gasteiger partial charge in [-0.3, -0.25) is 0 Å². The monoisotopic (exact) mass is 294 g/mol. The van der Waals surface area contributed by atoms with Gasteiger partial charge in [-0.15, -0.1) is 11.6 Å². The Bertz CT molecular complexity index is 565. The number of hydrogen-bond acceptors (Lipinski definition) is 2. The molecule has 0 saturated heterocycles. The van der Waals surface area contributed by atoms with Gasteiger partial charge in [0.2, 0.25) is 0 Å². The fraction of sp³-hybridized carbons (Fsp3) is 0.562. The Labute approximate surface area is 125 Å². The number of imidazole rings is 1. The summed E-state index contributed by atoms with van der Waals surface area (Å²) in [4.78, 5) is 4.66. The molecule has 0 saturated carbocycles. The molecule has 4 heteroatoms. The molecule has 1 atom stereocenters. The Morgan fingerprint density at radius 3 is 2.80 bits per heavy atom. The number of unbranched alkanes of at least 4 members (excludes halogenated alkanes) is 2. The van der Waals surface area contributed by atoms with E-state index in [1.165, 1.54) is 19.3 Å². The maximum Gasteiger partial charge on any atom is 0.146 e. The minimum absolute atomic E-state index is 0.410. The van der Waals surface area contributed by atoms with Crippen LogP contribution < -0.4 is 4.74 Å². The van der Waals surface area contributed by atoms with Crippen LogP contribution in [0.4, 0.5) is 0 Å². The molecular weight excluding hydrogens is 272 g/mol. The molecule has 0 spiro atoms. The first-order chi connectivity index (χ1) is 9.72. The van der Waals surface area contributed by atoms with Gasteiger partial charge in [0, 0.05) is 6.04 Å². The lowest BCUT2D eigenvalue weighted by Crippen LogP contribution is -2.08. The molecule has 3 nitrogen and oxygen atoms in total. The van der Waals surface area contributed by atoms with Crippen LogP contribution >= 0.6 is 11.6 Å². The third-order valence-electron chi connectivity index (χ3n) is 3.76. The number of hydrogen-bond donors (Lipinski definition) is 0. The zero-order valence-electron chi connectivity index (χ0n) is 12.5. The van der Waals surface area contributed by atoms with Gasteiger partial charge >= 0.3 is 0 Å². The third-order valence-corrected chi connectivity index (χ3v) is 4.00. The highest BCUT2D eigenvalue weighted by molar-refractivity contribution is 6.16. The summed E-state index contributed by atoms with van der Waals surface area (Å²) in [7, 11) is 1.68. The topological polar surface area (TPSA) is 27.1 Å². The summed E-state index contributed by atoms with van der Waals surface area (Å²) in [6, 6.07) is 6.46. The molecule has 0 aliphatic carbocycles. The summed E-state index contributed by atoms with van der Waals surface area (Å²) in [5, 5.41) is 0. The third kappa shape index (κ3) is 2.93. The van der Waals surface area contributed by atoms with Gasteiger partial charge in [0.25, 0.3) is 0 Å². The van der Waals surface area contributed by atoms with E-state index in [4.69, 9.17) is 16.3 Å². The average molecular weight is 295 g/mol. The largest absolute Gasteiger partial charge is 0.494 e. The Morgan fingerprint density at radius 1 is 1.35 bits per heavy atom. The molecule has 1 unspecified atom stereocenters. The molecule has 2 rings (SSSR count). The number of methoxy groups -OCH3 is 1. The van der Waals surface area contributed by atoms with E-state index in [-0.39, 0.29) is 0 Å². The van der Waals surface area contributed by atoms with Crippen molar-refractivity contribution in [2.45, 2.75) is 51.5 Å². The SMILES string of the molecule is CCCCCC(C)n1c(CCl)nc2c(OC)cccc21. The summed E-state index contributed by atoms with van der Waals surface area (Å²) < 4.78 is 7.66. The first kappa shape index (κ1) is 15.2. The number of ether oxygens (including phenoxy) is 1. The number of alkyl halides is 1. The highest BCUT2D eigenvalue weighted by atomic mass is 35.5. The van der Waals surface area contributed by atoms with Gasteiger partial charge in [-0.2, -0.15) is 0 Å². The minimum Gasteiger partial charge on any atom is -0.494 e. The molecule has 1 heterocycles. The van der Waals surface area contributed by atoms with Crippen LogP contribution in [0.1, 0.15) is 51.4 Å². The van der Waals surface area contributed by atoms with Crippen molar-refractivity contribution in [2.75, 3.05) is 7.11 Å². The molecule has 0 fully saturated rings. The molecule has 2 aromatic rings. The van der Waals surface area contributed by atoms with Crippen LogP contribution in [0.5, 0.6) is 5.75 Å². The summed E-state index contributed by atoms with van der Waals surface area (Å²) in [5.74, 6) is 2.17. The zero-order valence-corrected chi connectivity index (χ0v) is 13.3. The fourth-order valence-corrected chi connectivity index (χ4v) is 2.90. The van der Waals surface area contributed by atoms with E-state index in [1.807, 2.05) is 12.1 Å². The molecule has 0 aliphatic heterocycles. The van der Waals surface area contributed by atoms with E-state index in [1.54, 1.807) is 7.11 Å². The van der Waals surface area contributed by atoms with E-state index < -0.39 is 0 Å². The van der Waals surface area contributed by atoms with Crippen molar-refractivity contribution in [3.05, 3.63) is 24.0 Å². The van der Waals surface area contributed by atoms with Crippen molar-refractivity contribution in [1.29, 1.82) is 0 Å². The average Bonchev–Trinajstić information content (AvgIpc) is 2.85. The van der Waals surface area contributed by atoms with Crippen LogP contribution in [0, 0.1) is 0 Å². The van der Waals surface area contributed by atoms with E-state index in [2.05, 4.69) is 29.5 Å². The minimum atomic E-state index is 0.410. The van der Waals surface area contributed by atoms with Crippen LogP contribution in [0.15, 0.2) is 18.2 Å². The smallest absolute Gasteiger partial charge is 0.146 e. The van der Waals surface area contributed by atoms with Crippen molar-refractivity contribution in [3.63, 3.8) is 0 Å². The van der Waals surface area contributed by atoms with Gasteiger partial charge in [-0.05, 0) is 25.5 Å². The van der Waals surface area contributed by atoms with Crippen molar-refractivity contribution < 1.29 is 4.74 Å². The molecule has 0 aliphatic rings. The number of nitrogens with zero attached hydrogens (tertiary/aromatic N) is 2. The Balaban J connectivity index is 2.40. The number of halogens is 1. The fourth-order valence-electron chi connectivity index (χ4n) is 2.71. The molecule has 110 valence electrons. The Hall–Kier alpha value is -1.22. The summed E-state index contributed by atoms with van der Waals surface area (Å²) in [6.45, 7) is 4.47. The van der Waals surface area contributed by atoms with Crippen LogP contribution in [-0.2, 0) is 5.88 Å². The second-order valence-electron chi connectivity index (χ2n) is 5.20. The van der Waals surface area contributed by atoms with Gasteiger partial charge < -0.3 is 9.30 Å². The quantitative estimate of drug-likeness (QED) is 0.535. The van der Waals surface area contributed by atoms with Crippen LogP contribution in [0.25, 0.3) is 11.0 Å². The Kier molecular flexibility index (Phi) is 5.30. The number of rotatable bonds is 7. The van der Waals surface area contributed by atoms with Gasteiger partial charge in [0.05, 0.1) is 18.5 Å². The zero-order chi connectivity index (χ0) is 14.5. The first-order valence-electron chi connectivity index (χ1n) is 7.32. The standard InChI is InChI=1S/C16H23ClN2O/c1-4-5-6-8-12(2)19-13-9-7-10-14(20-3)16(13)18-15(19)11-17/h7,9-10,12H,4-6,8,11H2,1-3H3. The molecule has 0 radical (unpaired) electrons. The van der Waals surface area contributed by atoms with E-state index >= 15 is 0 Å². The van der Waals surface area contributed by atoms with E-state index in [9.17, 15) is 0 Å². The highest BCUT2D eigenvalue weighted by Crippen LogP contribution is 2.30. The maximum atomic E-state index is 6.08. The lowest BCUT2D eigenvalue weighted by Gasteiger charge is -2.17. The second-order valence-corrected chi connectivity index (χ2v) is 5.47. The van der Waals surface area contributed by atoms with Gasteiger partial charge in [-0.1, -0.05) is 32.3 Å². The second kappa shape index (κ2) is 6.98. The summed E-state index contributed by atoms with van der Waals surface area (Å²) in [5.41, 5.74) is 2.02. The number of fused-ring (bicyclic) bond motifs is 1. The molecule has 0 amide bonds. The van der Waals surface area contributed by atoms with Crippen LogP contribution in [0.3, 0.4) is 0 Å². The first-order valence-corrected chi connectivity index (χ1v) is 7.86. The number of aromatic nitrogens is 2. The molecule has 0 bridgehead atoms. The van der Waals surface area contributed by atoms with E-state index in [0.717, 1.165) is 29.0 Å². The van der Waals surface area contributed by atoms with E-state index in [0.29, 0.717) is 11.9 Å². The number of para-hydroxylation sites is 1. The van der Waals surface area contributed by atoms with Gasteiger partial charge in [-0.25, -0.2) is 4.98 Å². The summed E-state index contributed by atoms with van der Waals surface area (Å²) >= 11 is 6.08. The lowest BCUT2D eigenvalue weighted by molar-refractivity contribution is 0.419. The predicted octanol–water partition coefficient (Wildman–Crippen LogP) is 4.93.